The Morgan fingerprint density at radius 1 is 1.25 bits per heavy atom. The SMILES string of the molecule is CNC(=O)c1cccc(Cn2ccc3cc(-c4conc4C)ncc3c2=O)c1. The number of carbonyl (C=O) groups is 1. The third kappa shape index (κ3) is 3.18. The van der Waals surface area contributed by atoms with E-state index in [-0.39, 0.29) is 11.5 Å². The lowest BCUT2D eigenvalue weighted by atomic mass is 10.1. The van der Waals surface area contributed by atoms with Gasteiger partial charge in [-0.15, -0.1) is 0 Å². The Morgan fingerprint density at radius 3 is 2.86 bits per heavy atom. The first kappa shape index (κ1) is 17.7. The summed E-state index contributed by atoms with van der Waals surface area (Å²) in [5.41, 5.74) is 3.55. The maximum Gasteiger partial charge on any atom is 0.260 e. The van der Waals surface area contributed by atoms with Crippen LogP contribution in [0, 0.1) is 6.92 Å². The molecule has 0 spiro atoms. The molecule has 1 amide bonds. The third-order valence-corrected chi connectivity index (χ3v) is 4.66. The lowest BCUT2D eigenvalue weighted by Gasteiger charge is -2.09. The fourth-order valence-electron chi connectivity index (χ4n) is 3.14. The number of aryl methyl sites for hydroxylation is 1. The van der Waals surface area contributed by atoms with Crippen molar-refractivity contribution < 1.29 is 9.32 Å². The molecule has 1 N–H and O–H groups in total. The highest BCUT2D eigenvalue weighted by molar-refractivity contribution is 5.94. The van der Waals surface area contributed by atoms with E-state index in [0.29, 0.717) is 23.2 Å². The first-order chi connectivity index (χ1) is 13.6. The number of hydrogen-bond acceptors (Lipinski definition) is 5. The molecule has 0 radical (unpaired) electrons. The van der Waals surface area contributed by atoms with Gasteiger partial charge in [-0.05, 0) is 42.1 Å². The molecule has 140 valence electrons. The summed E-state index contributed by atoms with van der Waals surface area (Å²) in [5, 5.41) is 7.80. The van der Waals surface area contributed by atoms with Gasteiger partial charge in [0.25, 0.3) is 11.5 Å². The Balaban J connectivity index is 1.70. The first-order valence-corrected chi connectivity index (χ1v) is 8.78. The molecular formula is C21H18N4O3. The number of pyridine rings is 2. The van der Waals surface area contributed by atoms with Crippen molar-refractivity contribution in [1.82, 2.24) is 20.0 Å². The van der Waals surface area contributed by atoms with Gasteiger partial charge >= 0.3 is 0 Å². The van der Waals surface area contributed by atoms with E-state index in [0.717, 1.165) is 22.2 Å². The van der Waals surface area contributed by atoms with Crippen LogP contribution in [-0.2, 0) is 6.54 Å². The molecule has 0 bridgehead atoms. The number of nitrogens with zero attached hydrogens (tertiary/aromatic N) is 3. The van der Waals surface area contributed by atoms with Crippen LogP contribution in [0.5, 0.6) is 0 Å². The van der Waals surface area contributed by atoms with Crippen LogP contribution in [0.3, 0.4) is 0 Å². The second-order valence-corrected chi connectivity index (χ2v) is 6.50. The molecule has 3 aromatic heterocycles. The average molecular weight is 374 g/mol. The number of fused-ring (bicyclic) bond motifs is 1. The fraction of sp³-hybridized carbons (Fsp3) is 0.143. The summed E-state index contributed by atoms with van der Waals surface area (Å²) in [4.78, 5) is 29.1. The van der Waals surface area contributed by atoms with Gasteiger partial charge in [0.15, 0.2) is 0 Å². The van der Waals surface area contributed by atoms with E-state index in [2.05, 4.69) is 15.5 Å². The molecule has 0 aliphatic rings. The monoisotopic (exact) mass is 374 g/mol. The fourth-order valence-corrected chi connectivity index (χ4v) is 3.14. The number of amides is 1. The van der Waals surface area contributed by atoms with Gasteiger partial charge in [-0.3, -0.25) is 14.6 Å². The van der Waals surface area contributed by atoms with E-state index in [1.807, 2.05) is 25.1 Å². The van der Waals surface area contributed by atoms with Gasteiger partial charge in [-0.1, -0.05) is 17.3 Å². The van der Waals surface area contributed by atoms with Crippen LogP contribution in [0.4, 0.5) is 0 Å². The summed E-state index contributed by atoms with van der Waals surface area (Å²) in [5.74, 6) is -0.159. The average Bonchev–Trinajstić information content (AvgIpc) is 3.15. The normalized spacial score (nSPS) is 10.9. The molecule has 28 heavy (non-hydrogen) atoms. The maximum atomic E-state index is 12.9. The third-order valence-electron chi connectivity index (χ3n) is 4.66. The summed E-state index contributed by atoms with van der Waals surface area (Å²) in [7, 11) is 1.59. The van der Waals surface area contributed by atoms with Crippen LogP contribution < -0.4 is 10.9 Å². The number of nitrogens with one attached hydrogen (secondary N) is 1. The zero-order chi connectivity index (χ0) is 19.7. The molecule has 7 nitrogen and oxygen atoms in total. The van der Waals surface area contributed by atoms with Gasteiger partial charge in [0.1, 0.15) is 6.26 Å². The smallest absolute Gasteiger partial charge is 0.260 e. The van der Waals surface area contributed by atoms with Crippen molar-refractivity contribution in [3.05, 3.63) is 82.2 Å². The van der Waals surface area contributed by atoms with Gasteiger partial charge in [-0.2, -0.15) is 0 Å². The molecule has 0 atom stereocenters. The Hall–Kier alpha value is -3.74. The summed E-state index contributed by atoms with van der Waals surface area (Å²) in [6, 6.07) is 11.0. The number of carbonyl (C=O) groups excluding carboxylic acids is 1. The minimum Gasteiger partial charge on any atom is -0.364 e. The number of hydrogen-bond donors (Lipinski definition) is 1. The number of aromatic nitrogens is 3. The van der Waals surface area contributed by atoms with E-state index < -0.39 is 0 Å². The first-order valence-electron chi connectivity index (χ1n) is 8.78. The molecule has 4 rings (SSSR count). The minimum absolute atomic E-state index is 0.135. The predicted octanol–water partition coefficient (Wildman–Crippen LogP) is 2.77. The van der Waals surface area contributed by atoms with Crippen LogP contribution >= 0.6 is 0 Å². The van der Waals surface area contributed by atoms with E-state index in [1.54, 1.807) is 48.5 Å². The van der Waals surface area contributed by atoms with Crippen molar-refractivity contribution in [1.29, 1.82) is 0 Å². The van der Waals surface area contributed by atoms with Crippen LogP contribution in [0.1, 0.15) is 21.6 Å². The maximum absolute atomic E-state index is 12.9. The predicted molar refractivity (Wildman–Crippen MR) is 105 cm³/mol. The molecule has 0 aliphatic heterocycles. The molecule has 3 heterocycles. The minimum atomic E-state index is -0.159. The standard InChI is InChI=1S/C21H18N4O3/c1-13-18(12-28-24-13)19-9-15-6-7-25(21(27)17(15)10-23-19)11-14-4-3-5-16(8-14)20(26)22-2/h3-10,12H,11H2,1-2H3,(H,22,26). The topological polar surface area (TPSA) is 90.0 Å². The molecule has 0 aliphatic carbocycles. The van der Waals surface area contributed by atoms with Crippen molar-refractivity contribution in [3.8, 4) is 11.3 Å². The summed E-state index contributed by atoms with van der Waals surface area (Å²) >= 11 is 0. The van der Waals surface area contributed by atoms with Crippen LogP contribution in [0.15, 0.2) is 64.4 Å². The molecule has 0 unspecified atom stereocenters. The zero-order valence-corrected chi connectivity index (χ0v) is 15.5. The second-order valence-electron chi connectivity index (χ2n) is 6.50. The highest BCUT2D eigenvalue weighted by Gasteiger charge is 2.11. The largest absolute Gasteiger partial charge is 0.364 e. The van der Waals surface area contributed by atoms with Gasteiger partial charge in [-0.25, -0.2) is 0 Å². The van der Waals surface area contributed by atoms with E-state index in [1.165, 1.54) is 0 Å². The molecule has 7 heteroatoms. The number of rotatable bonds is 4. The van der Waals surface area contributed by atoms with Crippen molar-refractivity contribution in [3.63, 3.8) is 0 Å². The Labute approximate surface area is 160 Å². The highest BCUT2D eigenvalue weighted by atomic mass is 16.5. The van der Waals surface area contributed by atoms with E-state index in [9.17, 15) is 9.59 Å². The Morgan fingerprint density at radius 2 is 2.11 bits per heavy atom. The summed E-state index contributed by atoms with van der Waals surface area (Å²) in [6.45, 7) is 2.21. The van der Waals surface area contributed by atoms with Crippen molar-refractivity contribution >= 4 is 16.7 Å². The number of benzene rings is 1. The summed E-state index contributed by atoms with van der Waals surface area (Å²) in [6.07, 6.45) is 4.88. The van der Waals surface area contributed by atoms with Gasteiger partial charge < -0.3 is 14.4 Å². The Kier molecular flexibility index (Phi) is 4.49. The molecular weight excluding hydrogens is 356 g/mol. The molecule has 4 aromatic rings. The van der Waals surface area contributed by atoms with Gasteiger partial charge in [0, 0.05) is 25.0 Å². The van der Waals surface area contributed by atoms with Crippen molar-refractivity contribution in [2.45, 2.75) is 13.5 Å². The van der Waals surface area contributed by atoms with Crippen molar-refractivity contribution in [2.24, 2.45) is 0 Å². The molecule has 0 saturated carbocycles. The van der Waals surface area contributed by atoms with Crippen LogP contribution in [-0.4, -0.2) is 27.7 Å². The zero-order valence-electron chi connectivity index (χ0n) is 15.5. The second kappa shape index (κ2) is 7.11. The lowest BCUT2D eigenvalue weighted by molar-refractivity contribution is 0.0963. The lowest BCUT2D eigenvalue weighted by Crippen LogP contribution is -2.21. The highest BCUT2D eigenvalue weighted by Crippen LogP contribution is 2.23. The van der Waals surface area contributed by atoms with Crippen LogP contribution in [0.2, 0.25) is 0 Å². The Bertz CT molecular complexity index is 1240. The molecule has 0 saturated heterocycles. The van der Waals surface area contributed by atoms with E-state index in [4.69, 9.17) is 4.52 Å². The van der Waals surface area contributed by atoms with Crippen molar-refractivity contribution in [2.75, 3.05) is 7.05 Å². The van der Waals surface area contributed by atoms with E-state index >= 15 is 0 Å². The van der Waals surface area contributed by atoms with Gasteiger partial charge in [0.05, 0.1) is 28.9 Å². The summed E-state index contributed by atoms with van der Waals surface area (Å²) < 4.78 is 6.58. The van der Waals surface area contributed by atoms with Crippen LogP contribution in [0.25, 0.3) is 22.0 Å². The molecule has 1 aromatic carbocycles. The quantitative estimate of drug-likeness (QED) is 0.593. The molecule has 0 fully saturated rings. The van der Waals surface area contributed by atoms with Gasteiger partial charge in [0.2, 0.25) is 0 Å².